The first-order valence-electron chi connectivity index (χ1n) is 4.45. The van der Waals surface area contributed by atoms with Gasteiger partial charge in [0.2, 0.25) is 4.74 Å². The second kappa shape index (κ2) is 4.19. The van der Waals surface area contributed by atoms with E-state index in [1.165, 1.54) is 0 Å². The molecule has 1 aromatic carbocycles. The number of benzene rings is 1. The van der Waals surface area contributed by atoms with E-state index < -0.39 is 0 Å². The fourth-order valence-corrected chi connectivity index (χ4v) is 2.00. The SMILES string of the molecule is O=Cc1csc(=O)c(-c2ccccc2)c1. The number of carbonyl (C=O) groups excluding carboxylic acids is 1. The maximum absolute atomic E-state index is 11.6. The molecule has 0 unspecified atom stereocenters. The van der Waals surface area contributed by atoms with Crippen molar-refractivity contribution in [2.24, 2.45) is 0 Å². The van der Waals surface area contributed by atoms with Crippen LogP contribution in [0.15, 0.2) is 46.6 Å². The van der Waals surface area contributed by atoms with Crippen LogP contribution in [-0.4, -0.2) is 6.29 Å². The van der Waals surface area contributed by atoms with Gasteiger partial charge < -0.3 is 0 Å². The van der Waals surface area contributed by atoms with Gasteiger partial charge in [-0.15, -0.1) is 11.3 Å². The summed E-state index contributed by atoms with van der Waals surface area (Å²) in [5.41, 5.74) is 1.98. The van der Waals surface area contributed by atoms with Crippen LogP contribution in [-0.2, 0) is 0 Å². The quantitative estimate of drug-likeness (QED) is 0.723. The molecule has 0 aliphatic carbocycles. The standard InChI is InChI=1S/C12H8O2S/c13-7-9-6-11(12(14)15-8-9)10-4-2-1-3-5-10/h1-8H. The van der Waals surface area contributed by atoms with E-state index >= 15 is 0 Å². The molecule has 2 aromatic rings. The van der Waals surface area contributed by atoms with Crippen LogP contribution in [0, 0.1) is 0 Å². The van der Waals surface area contributed by atoms with Crippen LogP contribution in [0.4, 0.5) is 0 Å². The van der Waals surface area contributed by atoms with Crippen LogP contribution >= 0.6 is 11.3 Å². The molecule has 74 valence electrons. The van der Waals surface area contributed by atoms with Gasteiger partial charge in [-0.05, 0) is 11.6 Å². The van der Waals surface area contributed by atoms with Gasteiger partial charge in [0.1, 0.15) is 0 Å². The smallest absolute Gasteiger partial charge is 0.240 e. The van der Waals surface area contributed by atoms with Crippen LogP contribution in [0.25, 0.3) is 11.1 Å². The fourth-order valence-electron chi connectivity index (χ4n) is 1.33. The lowest BCUT2D eigenvalue weighted by Gasteiger charge is -1.99. The predicted molar refractivity (Wildman–Crippen MR) is 61.4 cm³/mol. The summed E-state index contributed by atoms with van der Waals surface area (Å²) < 4.78 is -0.0215. The van der Waals surface area contributed by atoms with Crippen molar-refractivity contribution < 1.29 is 4.79 Å². The Morgan fingerprint density at radius 1 is 1.13 bits per heavy atom. The van der Waals surface area contributed by atoms with Gasteiger partial charge in [0.05, 0.1) is 0 Å². The van der Waals surface area contributed by atoms with Gasteiger partial charge in [0, 0.05) is 16.5 Å². The maximum Gasteiger partial charge on any atom is 0.240 e. The first kappa shape index (κ1) is 9.80. The summed E-state index contributed by atoms with van der Waals surface area (Å²) in [7, 11) is 0. The predicted octanol–water partition coefficient (Wildman–Crippen LogP) is 2.59. The van der Waals surface area contributed by atoms with Crippen molar-refractivity contribution in [1.82, 2.24) is 0 Å². The van der Waals surface area contributed by atoms with E-state index in [2.05, 4.69) is 0 Å². The minimum absolute atomic E-state index is 0.0215. The molecular weight excluding hydrogens is 208 g/mol. The number of hydrogen-bond acceptors (Lipinski definition) is 3. The van der Waals surface area contributed by atoms with Crippen LogP contribution in [0.2, 0.25) is 0 Å². The van der Waals surface area contributed by atoms with Crippen LogP contribution in [0.1, 0.15) is 10.4 Å². The minimum atomic E-state index is -0.0215. The van der Waals surface area contributed by atoms with Gasteiger partial charge in [0.25, 0.3) is 0 Å². The molecule has 0 radical (unpaired) electrons. The van der Waals surface area contributed by atoms with Crippen molar-refractivity contribution in [1.29, 1.82) is 0 Å². The van der Waals surface area contributed by atoms with Crippen molar-refractivity contribution in [3.05, 3.63) is 56.9 Å². The number of rotatable bonds is 2. The molecule has 0 fully saturated rings. The third-order valence-corrected chi connectivity index (χ3v) is 2.88. The Morgan fingerprint density at radius 3 is 2.53 bits per heavy atom. The zero-order valence-corrected chi connectivity index (χ0v) is 8.66. The van der Waals surface area contributed by atoms with Crippen LogP contribution in [0.3, 0.4) is 0 Å². The highest BCUT2D eigenvalue weighted by Gasteiger charge is 2.03. The normalized spacial score (nSPS) is 9.87. The molecule has 2 rings (SSSR count). The zero-order valence-electron chi connectivity index (χ0n) is 7.84. The summed E-state index contributed by atoms with van der Waals surface area (Å²) in [5.74, 6) is 0. The summed E-state index contributed by atoms with van der Waals surface area (Å²) >= 11 is 1.05. The molecule has 0 amide bonds. The first-order valence-corrected chi connectivity index (χ1v) is 5.32. The zero-order chi connectivity index (χ0) is 10.7. The largest absolute Gasteiger partial charge is 0.298 e. The molecule has 0 bridgehead atoms. The second-order valence-corrected chi connectivity index (χ2v) is 3.91. The van der Waals surface area contributed by atoms with Crippen molar-refractivity contribution in [3.63, 3.8) is 0 Å². The molecule has 2 nitrogen and oxygen atoms in total. The summed E-state index contributed by atoms with van der Waals surface area (Å²) in [4.78, 5) is 22.2. The molecule has 0 spiro atoms. The minimum Gasteiger partial charge on any atom is -0.298 e. The molecule has 0 N–H and O–H groups in total. The summed E-state index contributed by atoms with van der Waals surface area (Å²) in [6.45, 7) is 0. The molecule has 0 saturated heterocycles. The molecule has 0 aliphatic heterocycles. The monoisotopic (exact) mass is 216 g/mol. The number of carbonyl (C=O) groups is 1. The van der Waals surface area contributed by atoms with E-state index in [1.54, 1.807) is 11.4 Å². The van der Waals surface area contributed by atoms with Crippen LogP contribution in [0.5, 0.6) is 0 Å². The van der Waals surface area contributed by atoms with E-state index in [0.717, 1.165) is 23.2 Å². The van der Waals surface area contributed by atoms with Crippen molar-refractivity contribution >= 4 is 17.6 Å². The van der Waals surface area contributed by atoms with Gasteiger partial charge in [-0.25, -0.2) is 0 Å². The topological polar surface area (TPSA) is 34.1 Å². The Hall–Kier alpha value is -1.74. The second-order valence-electron chi connectivity index (χ2n) is 3.07. The summed E-state index contributed by atoms with van der Waals surface area (Å²) in [6.07, 6.45) is 0.752. The third-order valence-electron chi connectivity index (χ3n) is 2.05. The maximum atomic E-state index is 11.6. The van der Waals surface area contributed by atoms with E-state index in [0.29, 0.717) is 11.1 Å². The number of aldehydes is 1. The van der Waals surface area contributed by atoms with Gasteiger partial charge >= 0.3 is 0 Å². The Balaban J connectivity index is 2.62. The first-order chi connectivity index (χ1) is 7.31. The lowest BCUT2D eigenvalue weighted by atomic mass is 10.1. The lowest BCUT2D eigenvalue weighted by Crippen LogP contribution is -1.99. The van der Waals surface area contributed by atoms with E-state index in [-0.39, 0.29) is 4.74 Å². The molecular formula is C12H8O2S. The van der Waals surface area contributed by atoms with Crippen molar-refractivity contribution in [3.8, 4) is 11.1 Å². The molecule has 1 heterocycles. The van der Waals surface area contributed by atoms with E-state index in [4.69, 9.17) is 0 Å². The van der Waals surface area contributed by atoms with Gasteiger partial charge in [0.15, 0.2) is 6.29 Å². The highest BCUT2D eigenvalue weighted by atomic mass is 32.1. The Labute approximate surface area is 90.8 Å². The summed E-state index contributed by atoms with van der Waals surface area (Å²) in [5, 5.41) is 1.57. The van der Waals surface area contributed by atoms with Crippen LogP contribution < -0.4 is 4.74 Å². The molecule has 15 heavy (non-hydrogen) atoms. The number of hydrogen-bond donors (Lipinski definition) is 0. The Bertz CT molecular complexity index is 529. The molecule has 0 atom stereocenters. The summed E-state index contributed by atoms with van der Waals surface area (Å²) in [6, 6.07) is 11.0. The van der Waals surface area contributed by atoms with E-state index in [1.807, 2.05) is 30.3 Å². The fraction of sp³-hybridized carbons (Fsp3) is 0. The molecule has 0 aliphatic rings. The van der Waals surface area contributed by atoms with Gasteiger partial charge in [-0.2, -0.15) is 0 Å². The van der Waals surface area contributed by atoms with E-state index in [9.17, 15) is 9.59 Å². The molecule has 0 saturated carbocycles. The molecule has 1 aromatic heterocycles. The Morgan fingerprint density at radius 2 is 1.87 bits per heavy atom. The average molecular weight is 216 g/mol. The van der Waals surface area contributed by atoms with Gasteiger partial charge in [-0.1, -0.05) is 30.3 Å². The third kappa shape index (κ3) is 2.02. The highest BCUT2D eigenvalue weighted by Crippen LogP contribution is 2.16. The average Bonchev–Trinajstić information content (AvgIpc) is 2.31. The van der Waals surface area contributed by atoms with Gasteiger partial charge in [-0.3, -0.25) is 9.59 Å². The van der Waals surface area contributed by atoms with Crippen molar-refractivity contribution in [2.45, 2.75) is 0 Å². The lowest BCUT2D eigenvalue weighted by molar-refractivity contribution is 0.112. The Kier molecular flexibility index (Phi) is 2.74. The van der Waals surface area contributed by atoms with Crippen molar-refractivity contribution in [2.75, 3.05) is 0 Å². The molecule has 3 heteroatoms. The highest BCUT2D eigenvalue weighted by molar-refractivity contribution is 7.07.